The maximum absolute atomic E-state index is 12.2. The van der Waals surface area contributed by atoms with E-state index in [2.05, 4.69) is 5.32 Å². The van der Waals surface area contributed by atoms with Gasteiger partial charge in [-0.3, -0.25) is 9.10 Å². The number of ether oxygens (including phenoxy) is 2. The molecule has 1 aliphatic heterocycles. The number of hydrogen-bond donors (Lipinski definition) is 1. The molecule has 0 fully saturated rings. The highest BCUT2D eigenvalue weighted by molar-refractivity contribution is 7.92. The van der Waals surface area contributed by atoms with Gasteiger partial charge in [-0.2, -0.15) is 0 Å². The fraction of sp³-hybridized carbons (Fsp3) is 0.188. The molecule has 0 unspecified atom stereocenters. The van der Waals surface area contributed by atoms with Gasteiger partial charge in [0.2, 0.25) is 22.7 Å². The molecule has 1 heterocycles. The van der Waals surface area contributed by atoms with Crippen molar-refractivity contribution >= 4 is 27.3 Å². The number of anilines is 2. The summed E-state index contributed by atoms with van der Waals surface area (Å²) >= 11 is 0. The first-order valence-electron chi connectivity index (χ1n) is 7.16. The molecule has 1 amide bonds. The van der Waals surface area contributed by atoms with Crippen molar-refractivity contribution in [2.75, 3.05) is 29.2 Å². The number of fused-ring (bicyclic) bond motifs is 1. The summed E-state index contributed by atoms with van der Waals surface area (Å²) in [6, 6.07) is 13.6. The molecule has 8 heteroatoms. The zero-order chi connectivity index (χ0) is 17.2. The van der Waals surface area contributed by atoms with Gasteiger partial charge in [0.05, 0.1) is 11.9 Å². The van der Waals surface area contributed by atoms with Gasteiger partial charge in [0.1, 0.15) is 6.54 Å². The molecule has 0 bridgehead atoms. The number of carbonyl (C=O) groups excluding carboxylic acids is 1. The summed E-state index contributed by atoms with van der Waals surface area (Å²) in [5.74, 6) is 0.551. The van der Waals surface area contributed by atoms with E-state index in [4.69, 9.17) is 9.47 Å². The van der Waals surface area contributed by atoms with Crippen molar-refractivity contribution in [1.29, 1.82) is 0 Å². The monoisotopic (exact) mass is 348 g/mol. The Labute approximate surface area is 139 Å². The van der Waals surface area contributed by atoms with Crippen molar-refractivity contribution in [3.8, 4) is 11.5 Å². The minimum Gasteiger partial charge on any atom is -0.454 e. The van der Waals surface area contributed by atoms with Gasteiger partial charge < -0.3 is 14.8 Å². The molecular formula is C16H16N2O5S. The first-order valence-corrected chi connectivity index (χ1v) is 9.00. The molecule has 0 aromatic heterocycles. The Morgan fingerprint density at radius 1 is 1.12 bits per heavy atom. The standard InChI is InChI=1S/C16H16N2O5S/c1-24(20,21)18(10-16(19)17-12-5-3-2-4-6-12)13-7-8-14-15(9-13)23-11-22-14/h2-9H,10-11H2,1H3,(H,17,19). The highest BCUT2D eigenvalue weighted by Gasteiger charge is 2.23. The van der Waals surface area contributed by atoms with E-state index in [0.29, 0.717) is 22.9 Å². The Hall–Kier alpha value is -2.74. The Bertz CT molecular complexity index is 852. The van der Waals surface area contributed by atoms with Gasteiger partial charge in [-0.15, -0.1) is 0 Å². The molecule has 3 rings (SSSR count). The molecule has 0 aliphatic carbocycles. The van der Waals surface area contributed by atoms with Gasteiger partial charge in [0.15, 0.2) is 11.5 Å². The minimum atomic E-state index is -3.65. The van der Waals surface area contributed by atoms with Crippen LogP contribution in [-0.2, 0) is 14.8 Å². The van der Waals surface area contributed by atoms with Gasteiger partial charge in [-0.25, -0.2) is 8.42 Å². The van der Waals surface area contributed by atoms with Crippen LogP contribution in [0.5, 0.6) is 11.5 Å². The van der Waals surface area contributed by atoms with Gasteiger partial charge in [-0.05, 0) is 24.3 Å². The van der Waals surface area contributed by atoms with Crippen LogP contribution >= 0.6 is 0 Å². The number of rotatable bonds is 5. The first-order chi connectivity index (χ1) is 11.4. The molecule has 2 aromatic carbocycles. The highest BCUT2D eigenvalue weighted by atomic mass is 32.2. The highest BCUT2D eigenvalue weighted by Crippen LogP contribution is 2.36. The molecule has 1 N–H and O–H groups in total. The number of para-hydroxylation sites is 1. The lowest BCUT2D eigenvalue weighted by atomic mass is 10.2. The molecule has 1 aliphatic rings. The lowest BCUT2D eigenvalue weighted by molar-refractivity contribution is -0.114. The van der Waals surface area contributed by atoms with Gasteiger partial charge in [0, 0.05) is 11.8 Å². The van der Waals surface area contributed by atoms with E-state index in [0.717, 1.165) is 10.6 Å². The number of nitrogens with zero attached hydrogens (tertiary/aromatic N) is 1. The second-order valence-electron chi connectivity index (χ2n) is 5.22. The predicted molar refractivity (Wildman–Crippen MR) is 89.8 cm³/mol. The maximum Gasteiger partial charge on any atom is 0.245 e. The largest absolute Gasteiger partial charge is 0.454 e. The summed E-state index contributed by atoms with van der Waals surface area (Å²) in [6.07, 6.45) is 1.05. The van der Waals surface area contributed by atoms with E-state index >= 15 is 0 Å². The second kappa shape index (κ2) is 6.40. The van der Waals surface area contributed by atoms with Crippen molar-refractivity contribution in [2.45, 2.75) is 0 Å². The van der Waals surface area contributed by atoms with E-state index in [-0.39, 0.29) is 13.3 Å². The molecule has 0 saturated carbocycles. The molecule has 2 aromatic rings. The molecule has 0 radical (unpaired) electrons. The first kappa shape index (κ1) is 16.1. The third-order valence-electron chi connectivity index (χ3n) is 3.39. The molecule has 7 nitrogen and oxygen atoms in total. The summed E-state index contributed by atoms with van der Waals surface area (Å²) < 4.78 is 35.7. The number of benzene rings is 2. The van der Waals surface area contributed by atoms with Crippen LogP contribution < -0.4 is 19.1 Å². The van der Waals surface area contributed by atoms with Crippen LogP contribution in [0, 0.1) is 0 Å². The molecule has 24 heavy (non-hydrogen) atoms. The minimum absolute atomic E-state index is 0.0894. The SMILES string of the molecule is CS(=O)(=O)N(CC(=O)Nc1ccccc1)c1ccc2c(c1)OCO2. The van der Waals surface area contributed by atoms with Gasteiger partial charge in [0.25, 0.3) is 0 Å². The van der Waals surface area contributed by atoms with E-state index in [1.807, 2.05) is 6.07 Å². The van der Waals surface area contributed by atoms with E-state index in [1.54, 1.807) is 42.5 Å². The van der Waals surface area contributed by atoms with Crippen LogP contribution in [0.4, 0.5) is 11.4 Å². The predicted octanol–water partition coefficient (Wildman–Crippen LogP) is 1.82. The van der Waals surface area contributed by atoms with Crippen molar-refractivity contribution in [1.82, 2.24) is 0 Å². The zero-order valence-corrected chi connectivity index (χ0v) is 13.7. The maximum atomic E-state index is 12.2. The van der Waals surface area contributed by atoms with E-state index < -0.39 is 15.9 Å². The number of nitrogens with one attached hydrogen (secondary N) is 1. The fourth-order valence-corrected chi connectivity index (χ4v) is 3.14. The molecule has 0 saturated heterocycles. The molecule has 0 atom stereocenters. The summed E-state index contributed by atoms with van der Waals surface area (Å²) in [5, 5.41) is 2.67. The van der Waals surface area contributed by atoms with Crippen LogP contribution in [0.2, 0.25) is 0 Å². The van der Waals surface area contributed by atoms with Crippen LogP contribution in [0.3, 0.4) is 0 Å². The molecule has 0 spiro atoms. The number of amides is 1. The zero-order valence-electron chi connectivity index (χ0n) is 12.9. The topological polar surface area (TPSA) is 84.9 Å². The Balaban J connectivity index is 1.81. The van der Waals surface area contributed by atoms with Crippen LogP contribution in [0.1, 0.15) is 0 Å². The summed E-state index contributed by atoms with van der Waals surface area (Å²) in [6.45, 7) is -0.250. The van der Waals surface area contributed by atoms with Crippen molar-refractivity contribution in [2.24, 2.45) is 0 Å². The van der Waals surface area contributed by atoms with E-state index in [9.17, 15) is 13.2 Å². The van der Waals surface area contributed by atoms with Crippen LogP contribution in [0.15, 0.2) is 48.5 Å². The van der Waals surface area contributed by atoms with Crippen molar-refractivity contribution < 1.29 is 22.7 Å². The quantitative estimate of drug-likeness (QED) is 0.891. The number of sulfonamides is 1. The van der Waals surface area contributed by atoms with Crippen molar-refractivity contribution in [3.63, 3.8) is 0 Å². The smallest absolute Gasteiger partial charge is 0.245 e. The van der Waals surface area contributed by atoms with Crippen molar-refractivity contribution in [3.05, 3.63) is 48.5 Å². The normalized spacial score (nSPS) is 12.7. The van der Waals surface area contributed by atoms with Crippen LogP contribution in [0.25, 0.3) is 0 Å². The molecule has 126 valence electrons. The second-order valence-corrected chi connectivity index (χ2v) is 7.13. The average molecular weight is 348 g/mol. The number of hydrogen-bond acceptors (Lipinski definition) is 5. The summed E-state index contributed by atoms with van der Waals surface area (Å²) in [4.78, 5) is 12.2. The summed E-state index contributed by atoms with van der Waals surface area (Å²) in [7, 11) is -3.65. The van der Waals surface area contributed by atoms with Gasteiger partial charge >= 0.3 is 0 Å². The lowest BCUT2D eigenvalue weighted by Crippen LogP contribution is -2.37. The third kappa shape index (κ3) is 3.60. The van der Waals surface area contributed by atoms with E-state index in [1.165, 1.54) is 0 Å². The van der Waals surface area contributed by atoms with Crippen LogP contribution in [-0.4, -0.2) is 33.9 Å². The molecular weight excluding hydrogens is 332 g/mol. The average Bonchev–Trinajstić information content (AvgIpc) is 3.00. The Morgan fingerprint density at radius 2 is 1.83 bits per heavy atom. The lowest BCUT2D eigenvalue weighted by Gasteiger charge is -2.22. The Kier molecular flexibility index (Phi) is 4.30. The number of carbonyl (C=O) groups is 1. The van der Waals surface area contributed by atoms with Gasteiger partial charge in [-0.1, -0.05) is 18.2 Å². The summed E-state index contributed by atoms with van der Waals surface area (Å²) in [5.41, 5.74) is 0.937. The Morgan fingerprint density at radius 3 is 2.54 bits per heavy atom. The fourth-order valence-electron chi connectivity index (χ4n) is 2.29. The third-order valence-corrected chi connectivity index (χ3v) is 4.53.